The molecule has 1 nitrogen and oxygen atoms in total. The van der Waals surface area contributed by atoms with Crippen molar-refractivity contribution in [2.75, 3.05) is 6.61 Å². The van der Waals surface area contributed by atoms with Crippen LogP contribution in [0.2, 0.25) is 18.1 Å². The molecule has 0 saturated heterocycles. The van der Waals surface area contributed by atoms with Crippen LogP contribution in [0.5, 0.6) is 0 Å². The summed E-state index contributed by atoms with van der Waals surface area (Å²) in [5.41, 5.74) is 0.0789. The van der Waals surface area contributed by atoms with Gasteiger partial charge >= 0.3 is 0 Å². The molecule has 15 heavy (non-hydrogen) atoms. The number of hydrogen-bond donors (Lipinski definition) is 0. The fourth-order valence-electron chi connectivity index (χ4n) is 1.47. The van der Waals surface area contributed by atoms with E-state index in [2.05, 4.69) is 39.8 Å². The molecule has 0 aromatic rings. The number of hydrogen-bond acceptors (Lipinski definition) is 1. The first kappa shape index (κ1) is 12.8. The first-order valence-electron chi connectivity index (χ1n) is 5.84. The van der Waals surface area contributed by atoms with E-state index >= 15 is 0 Å². The second kappa shape index (κ2) is 3.96. The summed E-state index contributed by atoms with van der Waals surface area (Å²) >= 11 is 0. The first-order chi connectivity index (χ1) is 6.72. The van der Waals surface area contributed by atoms with Crippen LogP contribution in [0.1, 0.15) is 40.0 Å². The van der Waals surface area contributed by atoms with Gasteiger partial charge in [0.25, 0.3) is 0 Å². The lowest BCUT2D eigenvalue weighted by Gasteiger charge is -2.43. The normalized spacial score (nSPS) is 20.5. The SMILES string of the molecule is C#CC1(CO[Si](C)(C)C(C)(C)C)CCC1. The van der Waals surface area contributed by atoms with Gasteiger partial charge in [0.2, 0.25) is 0 Å². The van der Waals surface area contributed by atoms with Crippen molar-refractivity contribution in [2.24, 2.45) is 5.41 Å². The Morgan fingerprint density at radius 1 is 1.33 bits per heavy atom. The fraction of sp³-hybridized carbons (Fsp3) is 0.846. The molecule has 0 atom stereocenters. The molecule has 1 aliphatic rings. The van der Waals surface area contributed by atoms with E-state index in [1.165, 1.54) is 6.42 Å². The zero-order chi connectivity index (χ0) is 11.7. The Hall–Kier alpha value is -0.263. The highest BCUT2D eigenvalue weighted by Crippen LogP contribution is 2.43. The van der Waals surface area contributed by atoms with Gasteiger partial charge in [-0.25, -0.2) is 0 Å². The molecule has 0 heterocycles. The minimum absolute atomic E-state index is 0.0789. The molecule has 2 heteroatoms. The Bertz CT molecular complexity index is 263. The summed E-state index contributed by atoms with van der Waals surface area (Å²) in [6, 6.07) is 0. The van der Waals surface area contributed by atoms with Crippen LogP contribution in [0, 0.1) is 17.8 Å². The molecule has 0 amide bonds. The Morgan fingerprint density at radius 3 is 2.13 bits per heavy atom. The summed E-state index contributed by atoms with van der Waals surface area (Å²) in [4.78, 5) is 0. The molecule has 86 valence electrons. The third-order valence-corrected chi connectivity index (χ3v) is 8.61. The van der Waals surface area contributed by atoms with E-state index in [9.17, 15) is 0 Å². The van der Waals surface area contributed by atoms with Crippen molar-refractivity contribution in [3.63, 3.8) is 0 Å². The molecule has 0 N–H and O–H groups in total. The zero-order valence-corrected chi connectivity index (χ0v) is 11.8. The molecule has 0 aliphatic heterocycles. The topological polar surface area (TPSA) is 9.23 Å². The van der Waals surface area contributed by atoms with Crippen molar-refractivity contribution in [1.29, 1.82) is 0 Å². The minimum Gasteiger partial charge on any atom is -0.415 e. The summed E-state index contributed by atoms with van der Waals surface area (Å²) < 4.78 is 6.19. The second-order valence-corrected chi connectivity index (χ2v) is 11.1. The average Bonchev–Trinajstić information content (AvgIpc) is 2.00. The largest absolute Gasteiger partial charge is 0.415 e. The van der Waals surface area contributed by atoms with E-state index in [1.54, 1.807) is 0 Å². The molecule has 1 saturated carbocycles. The van der Waals surface area contributed by atoms with Crippen LogP contribution in [-0.4, -0.2) is 14.9 Å². The third kappa shape index (κ3) is 2.65. The van der Waals surface area contributed by atoms with Crippen LogP contribution >= 0.6 is 0 Å². The molecule has 0 bridgehead atoms. The predicted octanol–water partition coefficient (Wildman–Crippen LogP) is 3.81. The fourth-order valence-corrected chi connectivity index (χ4v) is 2.54. The molecular weight excluding hydrogens is 200 g/mol. The minimum atomic E-state index is -1.61. The molecule has 0 unspecified atom stereocenters. The Morgan fingerprint density at radius 2 is 1.87 bits per heavy atom. The average molecular weight is 224 g/mol. The van der Waals surface area contributed by atoms with Gasteiger partial charge in [0.05, 0.1) is 12.0 Å². The van der Waals surface area contributed by atoms with Gasteiger partial charge < -0.3 is 4.43 Å². The quantitative estimate of drug-likeness (QED) is 0.523. The molecule has 0 radical (unpaired) electrons. The molecule has 1 rings (SSSR count). The van der Waals surface area contributed by atoms with Crippen LogP contribution in [-0.2, 0) is 4.43 Å². The van der Waals surface area contributed by atoms with E-state index in [0.717, 1.165) is 19.4 Å². The molecular formula is C13H24OSi. The van der Waals surface area contributed by atoms with E-state index in [4.69, 9.17) is 10.8 Å². The molecule has 0 aromatic carbocycles. The molecule has 1 fully saturated rings. The van der Waals surface area contributed by atoms with E-state index in [1.807, 2.05) is 0 Å². The highest BCUT2D eigenvalue weighted by atomic mass is 28.4. The van der Waals surface area contributed by atoms with Gasteiger partial charge in [-0.05, 0) is 31.0 Å². The Balaban J connectivity index is 2.53. The lowest BCUT2D eigenvalue weighted by molar-refractivity contribution is 0.107. The lowest BCUT2D eigenvalue weighted by Crippen LogP contribution is -2.45. The Kier molecular flexibility index (Phi) is 3.38. The number of terminal acetylenes is 1. The summed E-state index contributed by atoms with van der Waals surface area (Å²) in [7, 11) is -1.61. The number of rotatable bonds is 3. The van der Waals surface area contributed by atoms with Crippen molar-refractivity contribution >= 4 is 8.32 Å². The Labute approximate surface area is 95.7 Å². The van der Waals surface area contributed by atoms with Crippen molar-refractivity contribution in [2.45, 2.75) is 58.2 Å². The van der Waals surface area contributed by atoms with Gasteiger partial charge in [0, 0.05) is 0 Å². The van der Waals surface area contributed by atoms with Crippen molar-refractivity contribution in [1.82, 2.24) is 0 Å². The maximum atomic E-state index is 6.19. The first-order valence-corrected chi connectivity index (χ1v) is 8.75. The van der Waals surface area contributed by atoms with Crippen LogP contribution in [0.3, 0.4) is 0 Å². The summed E-state index contributed by atoms with van der Waals surface area (Å²) in [6.45, 7) is 12.2. The van der Waals surface area contributed by atoms with Gasteiger partial charge in [-0.1, -0.05) is 33.1 Å². The van der Waals surface area contributed by atoms with Crippen LogP contribution in [0.15, 0.2) is 0 Å². The highest BCUT2D eigenvalue weighted by Gasteiger charge is 2.42. The lowest BCUT2D eigenvalue weighted by atomic mass is 9.70. The van der Waals surface area contributed by atoms with Gasteiger partial charge in [0.1, 0.15) is 0 Å². The standard InChI is InChI=1S/C13H24OSi/c1-7-13(9-8-10-13)11-14-15(5,6)12(2,3)4/h1H,8-11H2,2-6H3. The second-order valence-electron chi connectivity index (χ2n) is 6.33. The predicted molar refractivity (Wildman–Crippen MR) is 68.3 cm³/mol. The maximum Gasteiger partial charge on any atom is 0.192 e. The smallest absolute Gasteiger partial charge is 0.192 e. The van der Waals surface area contributed by atoms with Gasteiger partial charge in [0.15, 0.2) is 8.32 Å². The van der Waals surface area contributed by atoms with E-state index < -0.39 is 8.32 Å². The van der Waals surface area contributed by atoms with Crippen molar-refractivity contribution < 1.29 is 4.43 Å². The van der Waals surface area contributed by atoms with Crippen molar-refractivity contribution in [3.05, 3.63) is 0 Å². The third-order valence-electron chi connectivity index (χ3n) is 4.13. The molecule has 0 spiro atoms. The van der Waals surface area contributed by atoms with Crippen LogP contribution < -0.4 is 0 Å². The monoisotopic (exact) mass is 224 g/mol. The van der Waals surface area contributed by atoms with Crippen molar-refractivity contribution in [3.8, 4) is 12.3 Å². The summed E-state index contributed by atoms with van der Waals surface area (Å²) in [6.07, 6.45) is 9.16. The maximum absolute atomic E-state index is 6.19. The van der Waals surface area contributed by atoms with Gasteiger partial charge in [-0.2, -0.15) is 0 Å². The molecule has 0 aromatic heterocycles. The summed E-state index contributed by atoms with van der Waals surface area (Å²) in [5.74, 6) is 2.94. The van der Waals surface area contributed by atoms with Crippen LogP contribution in [0.4, 0.5) is 0 Å². The van der Waals surface area contributed by atoms with Crippen LogP contribution in [0.25, 0.3) is 0 Å². The summed E-state index contributed by atoms with van der Waals surface area (Å²) in [5, 5.41) is 0.284. The highest BCUT2D eigenvalue weighted by molar-refractivity contribution is 6.74. The van der Waals surface area contributed by atoms with Gasteiger partial charge in [-0.15, -0.1) is 6.42 Å². The van der Waals surface area contributed by atoms with E-state index in [0.29, 0.717) is 0 Å². The van der Waals surface area contributed by atoms with E-state index in [-0.39, 0.29) is 10.5 Å². The zero-order valence-electron chi connectivity index (χ0n) is 10.8. The molecule has 1 aliphatic carbocycles. The van der Waals surface area contributed by atoms with Gasteiger partial charge in [-0.3, -0.25) is 0 Å².